The lowest BCUT2D eigenvalue weighted by atomic mass is 10.1. The second-order valence-electron chi connectivity index (χ2n) is 6.07. The summed E-state index contributed by atoms with van der Waals surface area (Å²) in [6, 6.07) is 20.6. The number of carbonyl (C=O) groups excluding carboxylic acids is 2. The third kappa shape index (κ3) is 5.05. The Balaban J connectivity index is 1.45. The molecule has 0 saturated carbocycles. The standard InChI is InChI=1S/C21H19N3O3S/c1-14-6-2-5-9-18(14)20(26)23-24-21(28)22-19(25)13-27-17-11-10-15-7-3-4-8-16(15)12-17/h2-12H,13H2,1H3,(H,23,26)(H2,22,24,25,28). The summed E-state index contributed by atoms with van der Waals surface area (Å²) in [4.78, 5) is 24.1. The zero-order chi connectivity index (χ0) is 19.9. The van der Waals surface area contributed by atoms with Gasteiger partial charge in [0.15, 0.2) is 11.7 Å². The number of benzene rings is 3. The number of fused-ring (bicyclic) bond motifs is 1. The van der Waals surface area contributed by atoms with Crippen LogP contribution in [0.2, 0.25) is 0 Å². The maximum absolute atomic E-state index is 12.1. The molecule has 0 radical (unpaired) electrons. The van der Waals surface area contributed by atoms with Crippen molar-refractivity contribution in [1.29, 1.82) is 0 Å². The Bertz CT molecular complexity index is 1040. The molecular formula is C21H19N3O3S. The van der Waals surface area contributed by atoms with Crippen LogP contribution >= 0.6 is 12.2 Å². The van der Waals surface area contributed by atoms with Crippen LogP contribution in [0.1, 0.15) is 15.9 Å². The van der Waals surface area contributed by atoms with Crippen molar-refractivity contribution < 1.29 is 14.3 Å². The van der Waals surface area contributed by atoms with Gasteiger partial charge in [0.25, 0.3) is 11.8 Å². The summed E-state index contributed by atoms with van der Waals surface area (Å²) in [5, 5.41) is 4.55. The number of hydrogen-bond acceptors (Lipinski definition) is 4. The number of thiocarbonyl (C=S) groups is 1. The minimum atomic E-state index is -0.434. The zero-order valence-electron chi connectivity index (χ0n) is 15.2. The molecule has 3 aromatic carbocycles. The number of carbonyl (C=O) groups is 2. The van der Waals surface area contributed by atoms with Crippen molar-refractivity contribution in [2.45, 2.75) is 6.92 Å². The van der Waals surface area contributed by atoms with E-state index in [2.05, 4.69) is 16.2 Å². The average Bonchev–Trinajstić information content (AvgIpc) is 2.70. The molecule has 0 aliphatic heterocycles. The van der Waals surface area contributed by atoms with Gasteiger partial charge < -0.3 is 4.74 Å². The van der Waals surface area contributed by atoms with E-state index in [0.717, 1.165) is 16.3 Å². The molecule has 0 aliphatic rings. The van der Waals surface area contributed by atoms with Crippen molar-refractivity contribution in [3.63, 3.8) is 0 Å². The first kappa shape index (κ1) is 19.3. The highest BCUT2D eigenvalue weighted by atomic mass is 32.1. The number of hydrogen-bond donors (Lipinski definition) is 3. The summed E-state index contributed by atoms with van der Waals surface area (Å²) in [5.74, 6) is -0.196. The molecule has 3 N–H and O–H groups in total. The molecule has 0 saturated heterocycles. The van der Waals surface area contributed by atoms with E-state index in [-0.39, 0.29) is 17.6 Å². The summed E-state index contributed by atoms with van der Waals surface area (Å²) in [5.41, 5.74) is 6.31. The van der Waals surface area contributed by atoms with Crippen LogP contribution in [-0.2, 0) is 4.79 Å². The number of amides is 2. The molecule has 7 heteroatoms. The van der Waals surface area contributed by atoms with Gasteiger partial charge in [0.2, 0.25) is 0 Å². The largest absolute Gasteiger partial charge is 0.484 e. The van der Waals surface area contributed by atoms with Crippen molar-refractivity contribution in [2.24, 2.45) is 0 Å². The third-order valence-corrected chi connectivity index (χ3v) is 4.23. The monoisotopic (exact) mass is 393 g/mol. The van der Waals surface area contributed by atoms with Gasteiger partial charge in [-0.15, -0.1) is 0 Å². The Kier molecular flexibility index (Phi) is 6.18. The number of aryl methyl sites for hydroxylation is 1. The quantitative estimate of drug-likeness (QED) is 0.469. The van der Waals surface area contributed by atoms with Crippen LogP contribution in [-0.4, -0.2) is 23.5 Å². The summed E-state index contributed by atoms with van der Waals surface area (Å²) >= 11 is 5.01. The lowest BCUT2D eigenvalue weighted by Gasteiger charge is -2.12. The van der Waals surface area contributed by atoms with Crippen molar-refractivity contribution in [1.82, 2.24) is 16.2 Å². The van der Waals surface area contributed by atoms with E-state index in [4.69, 9.17) is 17.0 Å². The molecule has 28 heavy (non-hydrogen) atoms. The van der Waals surface area contributed by atoms with Gasteiger partial charge in [0, 0.05) is 5.56 Å². The van der Waals surface area contributed by atoms with Crippen LogP contribution in [0.5, 0.6) is 5.75 Å². The minimum Gasteiger partial charge on any atom is -0.484 e. The van der Waals surface area contributed by atoms with E-state index in [9.17, 15) is 9.59 Å². The van der Waals surface area contributed by atoms with E-state index in [0.29, 0.717) is 11.3 Å². The number of nitrogens with one attached hydrogen (secondary N) is 3. The fourth-order valence-electron chi connectivity index (χ4n) is 2.61. The van der Waals surface area contributed by atoms with Crippen LogP contribution in [0.15, 0.2) is 66.7 Å². The summed E-state index contributed by atoms with van der Waals surface area (Å²) < 4.78 is 5.50. The molecule has 0 bridgehead atoms. The van der Waals surface area contributed by atoms with Crippen LogP contribution in [0.3, 0.4) is 0 Å². The second-order valence-corrected chi connectivity index (χ2v) is 6.48. The highest BCUT2D eigenvalue weighted by Crippen LogP contribution is 2.20. The fraction of sp³-hybridized carbons (Fsp3) is 0.0952. The van der Waals surface area contributed by atoms with E-state index in [1.54, 1.807) is 18.2 Å². The highest BCUT2D eigenvalue weighted by Gasteiger charge is 2.10. The van der Waals surface area contributed by atoms with Crippen LogP contribution in [0.4, 0.5) is 0 Å². The smallest absolute Gasteiger partial charge is 0.269 e. The summed E-state index contributed by atoms with van der Waals surface area (Å²) in [6.07, 6.45) is 0. The minimum absolute atomic E-state index is 0.0194. The van der Waals surface area contributed by atoms with Crippen molar-refractivity contribution >= 4 is 39.9 Å². The lowest BCUT2D eigenvalue weighted by molar-refractivity contribution is -0.121. The van der Waals surface area contributed by atoms with Crippen molar-refractivity contribution in [2.75, 3.05) is 6.61 Å². The Labute approximate surface area is 167 Å². The first-order valence-corrected chi connectivity index (χ1v) is 9.01. The van der Waals surface area contributed by atoms with Gasteiger partial charge in [0.1, 0.15) is 5.75 Å². The average molecular weight is 393 g/mol. The van der Waals surface area contributed by atoms with Gasteiger partial charge in [0.05, 0.1) is 0 Å². The molecule has 142 valence electrons. The molecule has 3 aromatic rings. The Morgan fingerprint density at radius 2 is 1.64 bits per heavy atom. The molecule has 0 aliphatic carbocycles. The summed E-state index contributed by atoms with van der Waals surface area (Å²) in [7, 11) is 0. The lowest BCUT2D eigenvalue weighted by Crippen LogP contribution is -2.49. The van der Waals surface area contributed by atoms with E-state index in [1.165, 1.54) is 0 Å². The van der Waals surface area contributed by atoms with Crippen LogP contribution in [0.25, 0.3) is 10.8 Å². The van der Waals surface area contributed by atoms with Gasteiger partial charge in [-0.2, -0.15) is 0 Å². The molecule has 0 fully saturated rings. The molecule has 0 unspecified atom stereocenters. The molecule has 0 spiro atoms. The Morgan fingerprint density at radius 3 is 2.43 bits per heavy atom. The molecule has 6 nitrogen and oxygen atoms in total. The molecular weight excluding hydrogens is 374 g/mol. The van der Waals surface area contributed by atoms with E-state index in [1.807, 2.05) is 55.5 Å². The van der Waals surface area contributed by atoms with Gasteiger partial charge in [-0.1, -0.05) is 48.5 Å². The van der Waals surface area contributed by atoms with E-state index >= 15 is 0 Å². The van der Waals surface area contributed by atoms with Crippen LogP contribution < -0.4 is 20.9 Å². The highest BCUT2D eigenvalue weighted by molar-refractivity contribution is 7.80. The summed E-state index contributed by atoms with van der Waals surface area (Å²) in [6.45, 7) is 1.63. The zero-order valence-corrected chi connectivity index (χ0v) is 16.0. The predicted molar refractivity (Wildman–Crippen MR) is 112 cm³/mol. The van der Waals surface area contributed by atoms with Crippen molar-refractivity contribution in [3.05, 3.63) is 77.9 Å². The number of rotatable bonds is 4. The molecule has 2 amide bonds. The Hall–Kier alpha value is -3.45. The van der Waals surface area contributed by atoms with Gasteiger partial charge >= 0.3 is 0 Å². The maximum Gasteiger partial charge on any atom is 0.269 e. The third-order valence-electron chi connectivity index (χ3n) is 4.02. The first-order chi connectivity index (χ1) is 13.5. The van der Waals surface area contributed by atoms with Gasteiger partial charge in [-0.3, -0.25) is 25.8 Å². The Morgan fingerprint density at radius 1 is 0.929 bits per heavy atom. The van der Waals surface area contributed by atoms with Gasteiger partial charge in [-0.25, -0.2) is 0 Å². The first-order valence-electron chi connectivity index (χ1n) is 8.60. The van der Waals surface area contributed by atoms with Gasteiger partial charge in [-0.05, 0) is 53.7 Å². The molecule has 0 atom stereocenters. The van der Waals surface area contributed by atoms with E-state index < -0.39 is 5.91 Å². The topological polar surface area (TPSA) is 79.5 Å². The van der Waals surface area contributed by atoms with Crippen molar-refractivity contribution in [3.8, 4) is 5.75 Å². The maximum atomic E-state index is 12.1. The predicted octanol–water partition coefficient (Wildman–Crippen LogP) is 2.86. The fourth-order valence-corrected chi connectivity index (χ4v) is 2.77. The number of hydrazine groups is 1. The number of ether oxygens (including phenoxy) is 1. The molecule has 3 rings (SSSR count). The molecule has 0 aromatic heterocycles. The van der Waals surface area contributed by atoms with Crippen LogP contribution in [0, 0.1) is 6.92 Å². The normalized spacial score (nSPS) is 10.2. The SMILES string of the molecule is Cc1ccccc1C(=O)NNC(=S)NC(=O)COc1ccc2ccccc2c1. The second kappa shape index (κ2) is 8.96. The molecule has 0 heterocycles.